The highest BCUT2D eigenvalue weighted by Gasteiger charge is 2.23. The lowest BCUT2D eigenvalue weighted by Gasteiger charge is -2.31. The molecule has 0 spiro atoms. The number of aryl methyl sites for hydroxylation is 1. The van der Waals surface area contributed by atoms with Crippen LogP contribution in [0.3, 0.4) is 0 Å². The van der Waals surface area contributed by atoms with E-state index >= 15 is 0 Å². The monoisotopic (exact) mass is 193 g/mol. The Balaban J connectivity index is 2.16. The van der Waals surface area contributed by atoms with Crippen LogP contribution in [-0.2, 0) is 0 Å². The van der Waals surface area contributed by atoms with Crippen LogP contribution in [0.2, 0.25) is 0 Å². The van der Waals surface area contributed by atoms with E-state index in [0.29, 0.717) is 6.85 Å². The Morgan fingerprint density at radius 2 is 2.07 bits per heavy atom. The molecule has 0 unspecified atom stereocenters. The molecule has 0 amide bonds. The second-order valence-corrected chi connectivity index (χ2v) is 4.05. The fourth-order valence-corrected chi connectivity index (χ4v) is 2.13. The smallest absolute Gasteiger partial charge is 0.312 e. The lowest BCUT2D eigenvalue weighted by atomic mass is 9.57. The molecule has 0 N–H and O–H groups in total. The maximum absolute atomic E-state index is 2.31. The maximum atomic E-state index is 2.31. The topological polar surface area (TPSA) is 3.24 Å². The molecule has 2 aliphatic heterocycles. The summed E-state index contributed by atoms with van der Waals surface area (Å²) in [5, 5.41) is 0. The van der Waals surface area contributed by atoms with Crippen LogP contribution in [0.4, 0.5) is 5.69 Å². The molecule has 2 heteroatoms. The van der Waals surface area contributed by atoms with Crippen molar-refractivity contribution in [3.8, 4) is 0 Å². The van der Waals surface area contributed by atoms with E-state index in [1.807, 2.05) is 0 Å². The van der Waals surface area contributed by atoms with E-state index in [2.05, 4.69) is 66.3 Å². The lowest BCUT2D eigenvalue weighted by Crippen LogP contribution is -2.35. The van der Waals surface area contributed by atoms with Gasteiger partial charge in [-0.25, -0.2) is 0 Å². The van der Waals surface area contributed by atoms with Crippen LogP contribution < -0.4 is 4.81 Å². The van der Waals surface area contributed by atoms with Crippen molar-refractivity contribution in [1.29, 1.82) is 0 Å². The molecule has 0 radical (unpaired) electrons. The zero-order valence-electron chi connectivity index (χ0n) is 8.72. The fraction of sp³-hybridized carbons (Fsp3) is 0.0769. The minimum atomic E-state index is 0.393. The van der Waals surface area contributed by atoms with Crippen LogP contribution in [0.15, 0.2) is 48.5 Å². The molecule has 3 rings (SSSR count). The van der Waals surface area contributed by atoms with Gasteiger partial charge < -0.3 is 4.81 Å². The summed E-state index contributed by atoms with van der Waals surface area (Å²) in [5.74, 6) is 4.44. The van der Waals surface area contributed by atoms with Gasteiger partial charge >= 0.3 is 6.85 Å². The number of rotatable bonds is 0. The Kier molecular flexibility index (Phi) is 1.81. The largest absolute Gasteiger partial charge is 0.383 e. The summed E-state index contributed by atoms with van der Waals surface area (Å²) in [6.45, 7) is 2.53. The van der Waals surface area contributed by atoms with Gasteiger partial charge in [0.2, 0.25) is 0 Å². The molecule has 1 aromatic rings. The first-order valence-electron chi connectivity index (χ1n) is 5.27. The zero-order chi connectivity index (χ0) is 10.3. The Labute approximate surface area is 90.5 Å². The van der Waals surface area contributed by atoms with Gasteiger partial charge in [0, 0.05) is 5.69 Å². The molecule has 0 aliphatic carbocycles. The van der Waals surface area contributed by atoms with Gasteiger partial charge in [0.1, 0.15) is 0 Å². The van der Waals surface area contributed by atoms with E-state index in [-0.39, 0.29) is 0 Å². The summed E-state index contributed by atoms with van der Waals surface area (Å²) in [7, 11) is 0. The molecule has 1 aromatic carbocycles. The zero-order valence-corrected chi connectivity index (χ0v) is 8.72. The van der Waals surface area contributed by atoms with Gasteiger partial charge in [-0.3, -0.25) is 0 Å². The second-order valence-electron chi connectivity index (χ2n) is 4.05. The van der Waals surface area contributed by atoms with E-state index in [1.54, 1.807) is 0 Å². The van der Waals surface area contributed by atoms with Crippen molar-refractivity contribution in [1.82, 2.24) is 0 Å². The van der Waals surface area contributed by atoms with Gasteiger partial charge in [0.25, 0.3) is 0 Å². The van der Waals surface area contributed by atoms with Crippen molar-refractivity contribution in [2.45, 2.75) is 6.92 Å². The normalized spacial score (nSPS) is 16.6. The second kappa shape index (κ2) is 3.16. The molecule has 0 atom stereocenters. The first-order chi connectivity index (χ1) is 7.34. The van der Waals surface area contributed by atoms with Crippen molar-refractivity contribution < 1.29 is 0 Å². The highest BCUT2D eigenvalue weighted by Crippen LogP contribution is 2.30. The first-order valence-corrected chi connectivity index (χ1v) is 5.27. The van der Waals surface area contributed by atoms with Crippen molar-refractivity contribution >= 4 is 18.6 Å². The molecule has 0 saturated carbocycles. The molecule has 72 valence electrons. The highest BCUT2D eigenvalue weighted by molar-refractivity contribution is 6.75. The summed E-state index contributed by atoms with van der Waals surface area (Å²) in [6, 6.07) is 6.59. The number of hydrogen-bond donors (Lipinski definition) is 0. The Morgan fingerprint density at radius 1 is 1.13 bits per heavy atom. The van der Waals surface area contributed by atoms with Crippen LogP contribution in [0.5, 0.6) is 0 Å². The third-order valence-electron chi connectivity index (χ3n) is 2.92. The van der Waals surface area contributed by atoms with Gasteiger partial charge in [-0.05, 0) is 36.4 Å². The Hall–Kier alpha value is -1.70. The number of hydrogen-bond acceptors (Lipinski definition) is 1. The SMILES string of the molecule is Cc1ccc2c(c1)N1C=CC=CB1C=C2. The van der Waals surface area contributed by atoms with Crippen molar-refractivity contribution in [3.63, 3.8) is 0 Å². The van der Waals surface area contributed by atoms with Gasteiger partial charge in [-0.2, -0.15) is 0 Å². The third kappa shape index (κ3) is 1.33. The maximum Gasteiger partial charge on any atom is 0.312 e. The quantitative estimate of drug-likeness (QED) is 0.572. The Bertz CT molecular complexity index is 485. The molecular formula is C13H12BN. The number of anilines is 1. The molecule has 2 heterocycles. The summed E-state index contributed by atoms with van der Waals surface area (Å²) < 4.78 is 0. The molecular weight excluding hydrogens is 181 g/mol. The average molecular weight is 193 g/mol. The molecule has 0 saturated heterocycles. The van der Waals surface area contributed by atoms with E-state index < -0.39 is 0 Å². The van der Waals surface area contributed by atoms with Gasteiger partial charge in [0.15, 0.2) is 0 Å². The summed E-state index contributed by atoms with van der Waals surface area (Å²) in [5.41, 5.74) is 3.92. The van der Waals surface area contributed by atoms with Crippen molar-refractivity contribution in [3.05, 3.63) is 59.6 Å². The first kappa shape index (κ1) is 8.60. The minimum Gasteiger partial charge on any atom is -0.383 e. The number of fused-ring (bicyclic) bond motifs is 3. The fourth-order valence-electron chi connectivity index (χ4n) is 2.13. The molecule has 0 aromatic heterocycles. The van der Waals surface area contributed by atoms with Gasteiger partial charge in [-0.15, -0.1) is 0 Å². The molecule has 15 heavy (non-hydrogen) atoms. The predicted octanol–water partition coefficient (Wildman–Crippen LogP) is 2.98. The predicted molar refractivity (Wildman–Crippen MR) is 66.7 cm³/mol. The van der Waals surface area contributed by atoms with Crippen LogP contribution in [0.25, 0.3) is 6.08 Å². The molecule has 2 aliphatic rings. The number of nitrogens with zero attached hydrogens (tertiary/aromatic N) is 1. The summed E-state index contributed by atoms with van der Waals surface area (Å²) in [6.07, 6.45) is 8.54. The lowest BCUT2D eigenvalue weighted by molar-refractivity contribution is 1.33. The van der Waals surface area contributed by atoms with E-state index in [9.17, 15) is 0 Å². The van der Waals surface area contributed by atoms with Gasteiger partial charge in [-0.1, -0.05) is 36.2 Å². The average Bonchev–Trinajstić information content (AvgIpc) is 2.29. The van der Waals surface area contributed by atoms with Crippen LogP contribution in [0, 0.1) is 6.92 Å². The highest BCUT2D eigenvalue weighted by atomic mass is 15.1. The van der Waals surface area contributed by atoms with E-state index in [4.69, 9.17) is 0 Å². The van der Waals surface area contributed by atoms with E-state index in [0.717, 1.165) is 0 Å². The Morgan fingerprint density at radius 3 is 3.00 bits per heavy atom. The number of allylic oxidation sites excluding steroid dienone is 2. The van der Waals surface area contributed by atoms with E-state index in [1.165, 1.54) is 16.8 Å². The summed E-state index contributed by atoms with van der Waals surface area (Å²) >= 11 is 0. The third-order valence-corrected chi connectivity index (χ3v) is 2.92. The van der Waals surface area contributed by atoms with Crippen LogP contribution in [0.1, 0.15) is 11.1 Å². The molecule has 1 nitrogen and oxygen atoms in total. The summed E-state index contributed by atoms with van der Waals surface area (Å²) in [4.78, 5) is 2.31. The standard InChI is InChI=1S/C13H12BN/c1-11-4-5-12-6-8-14-7-2-3-9-15(14)13(12)10-11/h2-10H,1H3. The van der Waals surface area contributed by atoms with Crippen LogP contribution in [-0.4, -0.2) is 6.85 Å². The van der Waals surface area contributed by atoms with Crippen LogP contribution >= 0.6 is 0 Å². The minimum absolute atomic E-state index is 0.393. The molecule has 0 bridgehead atoms. The van der Waals surface area contributed by atoms with Crippen molar-refractivity contribution in [2.75, 3.05) is 4.81 Å². The van der Waals surface area contributed by atoms with Crippen molar-refractivity contribution in [2.24, 2.45) is 0 Å². The number of benzene rings is 1. The molecule has 0 fully saturated rings. The van der Waals surface area contributed by atoms with Gasteiger partial charge in [0.05, 0.1) is 0 Å².